The summed E-state index contributed by atoms with van der Waals surface area (Å²) in [6.07, 6.45) is 4.52. The maximum Gasteiger partial charge on any atom is 0.223 e. The molecule has 0 aliphatic carbocycles. The minimum absolute atomic E-state index is 0.0818. The highest BCUT2D eigenvalue weighted by atomic mass is 16.3. The van der Waals surface area contributed by atoms with Crippen LogP contribution in [0.4, 0.5) is 0 Å². The van der Waals surface area contributed by atoms with Crippen molar-refractivity contribution in [3.8, 4) is 0 Å². The molecule has 1 aliphatic rings. The number of fused-ring (bicyclic) bond motifs is 1. The van der Waals surface area contributed by atoms with Gasteiger partial charge in [-0.3, -0.25) is 9.59 Å². The summed E-state index contributed by atoms with van der Waals surface area (Å²) in [6.45, 7) is 5.52. The number of amides is 2. The van der Waals surface area contributed by atoms with E-state index in [1.807, 2.05) is 30.3 Å². The Labute approximate surface area is 143 Å². The molecule has 0 fully saturated rings. The van der Waals surface area contributed by atoms with E-state index in [-0.39, 0.29) is 36.9 Å². The molecule has 24 heavy (non-hydrogen) atoms. The number of rotatable bonds is 6. The average molecular weight is 330 g/mol. The molecule has 2 amide bonds. The molecule has 0 saturated carbocycles. The van der Waals surface area contributed by atoms with Crippen molar-refractivity contribution in [2.24, 2.45) is 5.92 Å². The molecule has 0 aromatic heterocycles. The van der Waals surface area contributed by atoms with E-state index in [4.69, 9.17) is 0 Å². The lowest BCUT2D eigenvalue weighted by Gasteiger charge is -2.32. The number of aliphatic hydroxyl groups is 1. The van der Waals surface area contributed by atoms with Crippen molar-refractivity contribution in [1.29, 1.82) is 0 Å². The van der Waals surface area contributed by atoms with Crippen LogP contribution in [0.1, 0.15) is 50.8 Å². The number of nitrogens with one attached hydrogen (secondary N) is 1. The Hall–Kier alpha value is -2.14. The third-order valence-electron chi connectivity index (χ3n) is 4.19. The fraction of sp³-hybridized carbons (Fsp3) is 0.474. The Balaban J connectivity index is 2.14. The molecule has 2 N–H and O–H groups in total. The largest absolute Gasteiger partial charge is 0.394 e. The van der Waals surface area contributed by atoms with E-state index in [1.54, 1.807) is 11.1 Å². The summed E-state index contributed by atoms with van der Waals surface area (Å²) >= 11 is 0. The van der Waals surface area contributed by atoms with Gasteiger partial charge in [-0.2, -0.15) is 0 Å². The van der Waals surface area contributed by atoms with Gasteiger partial charge in [0, 0.05) is 13.1 Å². The molecule has 1 aliphatic heterocycles. The zero-order chi connectivity index (χ0) is 17.7. The first kappa shape index (κ1) is 18.2. The Kier molecular flexibility index (Phi) is 6.15. The molecule has 1 aromatic carbocycles. The van der Waals surface area contributed by atoms with Gasteiger partial charge >= 0.3 is 0 Å². The maximum absolute atomic E-state index is 12.5. The van der Waals surface area contributed by atoms with Crippen molar-refractivity contribution in [3.63, 3.8) is 0 Å². The molecular weight excluding hydrogens is 304 g/mol. The Morgan fingerprint density at radius 1 is 1.29 bits per heavy atom. The molecule has 0 spiro atoms. The third-order valence-corrected chi connectivity index (χ3v) is 4.19. The Morgan fingerprint density at radius 3 is 2.62 bits per heavy atom. The number of hydrogen-bond donors (Lipinski definition) is 2. The minimum Gasteiger partial charge on any atom is -0.394 e. The van der Waals surface area contributed by atoms with E-state index in [9.17, 15) is 14.7 Å². The zero-order valence-electron chi connectivity index (χ0n) is 14.5. The SMILES string of the molecule is CC(=O)N1C=Cc2ccccc2C1CC(=O)NC(CO)CC(C)C. The van der Waals surface area contributed by atoms with E-state index in [0.717, 1.165) is 17.5 Å². The predicted molar refractivity (Wildman–Crippen MR) is 93.8 cm³/mol. The second-order valence-electron chi connectivity index (χ2n) is 6.67. The van der Waals surface area contributed by atoms with Crippen LogP contribution < -0.4 is 5.32 Å². The van der Waals surface area contributed by atoms with Crippen LogP contribution in [-0.4, -0.2) is 34.5 Å². The molecule has 5 heteroatoms. The fourth-order valence-electron chi connectivity index (χ4n) is 3.12. The summed E-state index contributed by atoms with van der Waals surface area (Å²) < 4.78 is 0. The monoisotopic (exact) mass is 330 g/mol. The molecule has 0 saturated heterocycles. The van der Waals surface area contributed by atoms with Crippen LogP contribution in [0, 0.1) is 5.92 Å². The summed E-state index contributed by atoms with van der Waals surface area (Å²) in [5.41, 5.74) is 1.99. The van der Waals surface area contributed by atoms with Gasteiger partial charge in [0.1, 0.15) is 0 Å². The predicted octanol–water partition coefficient (Wildman–Crippen LogP) is 2.47. The van der Waals surface area contributed by atoms with Crippen molar-refractivity contribution in [3.05, 3.63) is 41.6 Å². The van der Waals surface area contributed by atoms with Gasteiger partial charge in [0.05, 0.1) is 25.1 Å². The molecule has 0 bridgehead atoms. The van der Waals surface area contributed by atoms with Crippen LogP contribution in [0.2, 0.25) is 0 Å². The van der Waals surface area contributed by atoms with Crippen molar-refractivity contribution >= 4 is 17.9 Å². The number of carbonyl (C=O) groups excluding carboxylic acids is 2. The van der Waals surface area contributed by atoms with E-state index in [0.29, 0.717) is 5.92 Å². The molecule has 1 aromatic rings. The number of nitrogens with zero attached hydrogens (tertiary/aromatic N) is 1. The lowest BCUT2D eigenvalue weighted by molar-refractivity contribution is -0.130. The summed E-state index contributed by atoms with van der Waals surface area (Å²) in [7, 11) is 0. The van der Waals surface area contributed by atoms with Gasteiger partial charge in [-0.1, -0.05) is 38.1 Å². The van der Waals surface area contributed by atoms with Crippen LogP contribution in [0.3, 0.4) is 0 Å². The van der Waals surface area contributed by atoms with Gasteiger partial charge in [0.25, 0.3) is 0 Å². The highest BCUT2D eigenvalue weighted by Gasteiger charge is 2.28. The van der Waals surface area contributed by atoms with Crippen LogP contribution in [0.25, 0.3) is 6.08 Å². The first-order chi connectivity index (χ1) is 11.4. The number of aliphatic hydroxyl groups excluding tert-OH is 1. The highest BCUT2D eigenvalue weighted by molar-refractivity contribution is 5.82. The smallest absolute Gasteiger partial charge is 0.223 e. The normalized spacial score (nSPS) is 17.5. The topological polar surface area (TPSA) is 69.6 Å². The third kappa shape index (κ3) is 4.45. The first-order valence-corrected chi connectivity index (χ1v) is 8.38. The summed E-state index contributed by atoms with van der Waals surface area (Å²) in [5.74, 6) is 0.130. The molecule has 5 nitrogen and oxygen atoms in total. The lowest BCUT2D eigenvalue weighted by atomic mass is 9.93. The van der Waals surface area contributed by atoms with Crippen LogP contribution in [0.5, 0.6) is 0 Å². The molecule has 130 valence electrons. The quantitative estimate of drug-likeness (QED) is 0.842. The zero-order valence-corrected chi connectivity index (χ0v) is 14.5. The molecular formula is C19H26N2O3. The second kappa shape index (κ2) is 8.11. The molecule has 2 unspecified atom stereocenters. The second-order valence-corrected chi connectivity index (χ2v) is 6.67. The van der Waals surface area contributed by atoms with Gasteiger partial charge in [-0.15, -0.1) is 0 Å². The van der Waals surface area contributed by atoms with E-state index in [1.165, 1.54) is 6.92 Å². The van der Waals surface area contributed by atoms with Crippen LogP contribution in [0.15, 0.2) is 30.5 Å². The standard InChI is InChI=1S/C19H26N2O3/c1-13(2)10-16(12-22)20-19(24)11-18-17-7-5-4-6-15(17)8-9-21(18)14(3)23/h4-9,13,16,18,22H,10-12H2,1-3H3,(H,20,24). The summed E-state index contributed by atoms with van der Waals surface area (Å²) in [4.78, 5) is 26.0. The van der Waals surface area contributed by atoms with E-state index >= 15 is 0 Å². The molecule has 1 heterocycles. The molecule has 2 rings (SSSR count). The van der Waals surface area contributed by atoms with Crippen molar-refractivity contribution < 1.29 is 14.7 Å². The summed E-state index contributed by atoms with van der Waals surface area (Å²) in [5, 5.41) is 12.3. The number of hydrogen-bond acceptors (Lipinski definition) is 3. The lowest BCUT2D eigenvalue weighted by Crippen LogP contribution is -2.41. The van der Waals surface area contributed by atoms with E-state index < -0.39 is 0 Å². The van der Waals surface area contributed by atoms with Crippen molar-refractivity contribution in [2.75, 3.05) is 6.61 Å². The number of benzene rings is 1. The van der Waals surface area contributed by atoms with Gasteiger partial charge in [-0.25, -0.2) is 0 Å². The van der Waals surface area contributed by atoms with Gasteiger partial charge in [0.15, 0.2) is 0 Å². The van der Waals surface area contributed by atoms with Gasteiger partial charge in [0.2, 0.25) is 11.8 Å². The molecule has 2 atom stereocenters. The molecule has 0 radical (unpaired) electrons. The Bertz CT molecular complexity index is 625. The summed E-state index contributed by atoms with van der Waals surface area (Å²) in [6, 6.07) is 7.21. The maximum atomic E-state index is 12.5. The first-order valence-electron chi connectivity index (χ1n) is 8.38. The number of carbonyl (C=O) groups is 2. The van der Waals surface area contributed by atoms with Gasteiger partial charge < -0.3 is 15.3 Å². The van der Waals surface area contributed by atoms with Crippen LogP contribution >= 0.6 is 0 Å². The minimum atomic E-state index is -0.318. The van der Waals surface area contributed by atoms with Crippen molar-refractivity contribution in [1.82, 2.24) is 10.2 Å². The fourth-order valence-corrected chi connectivity index (χ4v) is 3.12. The average Bonchev–Trinajstić information content (AvgIpc) is 2.53. The van der Waals surface area contributed by atoms with Gasteiger partial charge in [-0.05, 0) is 29.5 Å². The van der Waals surface area contributed by atoms with Crippen molar-refractivity contribution in [2.45, 2.75) is 45.7 Å². The van der Waals surface area contributed by atoms with E-state index in [2.05, 4.69) is 19.2 Å². The highest BCUT2D eigenvalue weighted by Crippen LogP contribution is 2.32. The Morgan fingerprint density at radius 2 is 2.00 bits per heavy atom. The van der Waals surface area contributed by atoms with Crippen LogP contribution in [-0.2, 0) is 9.59 Å².